The highest BCUT2D eigenvalue weighted by atomic mass is 16.7. The normalized spacial score (nSPS) is 11.1. The van der Waals surface area contributed by atoms with E-state index in [1.165, 1.54) is 10.8 Å². The van der Waals surface area contributed by atoms with Crippen LogP contribution >= 0.6 is 0 Å². The summed E-state index contributed by atoms with van der Waals surface area (Å²) in [6.45, 7) is 5.83. The van der Waals surface area contributed by atoms with Gasteiger partial charge in [-0.1, -0.05) is 42.5 Å². The Hall–Kier alpha value is -1.91. The lowest BCUT2D eigenvalue weighted by molar-refractivity contribution is -0.140. The van der Waals surface area contributed by atoms with Crippen LogP contribution in [0.15, 0.2) is 42.5 Å². The largest absolute Gasteiger partial charge is 0.356 e. The van der Waals surface area contributed by atoms with Crippen molar-refractivity contribution >= 4 is 16.7 Å². The van der Waals surface area contributed by atoms with Gasteiger partial charge in [-0.2, -0.15) is 0 Å². The number of amides is 1. The fraction of sp³-hybridized carbons (Fsp3) is 0.450. The van der Waals surface area contributed by atoms with Gasteiger partial charge in [0.2, 0.25) is 5.91 Å². The van der Waals surface area contributed by atoms with Gasteiger partial charge in [0.05, 0.1) is 6.42 Å². The highest BCUT2D eigenvalue weighted by Crippen LogP contribution is 2.15. The Bertz CT molecular complexity index is 636. The van der Waals surface area contributed by atoms with Crippen molar-refractivity contribution in [3.8, 4) is 0 Å². The monoisotopic (exact) mass is 329 g/mol. The van der Waals surface area contributed by atoms with Crippen LogP contribution in [0.3, 0.4) is 0 Å². The first kappa shape index (κ1) is 18.4. The van der Waals surface area contributed by atoms with Crippen molar-refractivity contribution in [1.82, 2.24) is 5.32 Å². The molecule has 0 aliphatic heterocycles. The highest BCUT2D eigenvalue weighted by molar-refractivity contribution is 5.85. The van der Waals surface area contributed by atoms with Crippen molar-refractivity contribution in [2.75, 3.05) is 19.8 Å². The molecule has 0 aliphatic rings. The molecule has 2 aromatic carbocycles. The number of carbonyl (C=O) groups excluding carboxylic acids is 1. The Balaban J connectivity index is 1.74. The molecule has 0 saturated heterocycles. The van der Waals surface area contributed by atoms with Gasteiger partial charge in [-0.15, -0.1) is 0 Å². The third-order valence-corrected chi connectivity index (χ3v) is 3.82. The Kier molecular flexibility index (Phi) is 7.72. The predicted molar refractivity (Wildman–Crippen MR) is 96.9 cm³/mol. The zero-order valence-electron chi connectivity index (χ0n) is 14.6. The fourth-order valence-corrected chi connectivity index (χ4v) is 2.68. The van der Waals surface area contributed by atoms with Gasteiger partial charge >= 0.3 is 0 Å². The van der Waals surface area contributed by atoms with Crippen molar-refractivity contribution < 1.29 is 14.3 Å². The minimum absolute atomic E-state index is 0.0506. The molecule has 0 atom stereocenters. The molecule has 2 rings (SSSR count). The van der Waals surface area contributed by atoms with Gasteiger partial charge in [0.15, 0.2) is 6.29 Å². The second-order valence-electron chi connectivity index (χ2n) is 5.69. The summed E-state index contributed by atoms with van der Waals surface area (Å²) in [5.74, 6) is 0.0506. The lowest BCUT2D eigenvalue weighted by atomic mass is 10.0. The number of fused-ring (bicyclic) bond motifs is 1. The van der Waals surface area contributed by atoms with E-state index in [9.17, 15) is 4.79 Å². The van der Waals surface area contributed by atoms with Crippen LogP contribution in [0.4, 0.5) is 0 Å². The molecule has 1 amide bonds. The van der Waals surface area contributed by atoms with E-state index >= 15 is 0 Å². The van der Waals surface area contributed by atoms with E-state index in [4.69, 9.17) is 9.47 Å². The summed E-state index contributed by atoms with van der Waals surface area (Å²) in [6.07, 6.45) is 1.87. The van der Waals surface area contributed by atoms with Gasteiger partial charge < -0.3 is 14.8 Å². The molecule has 0 unspecified atom stereocenters. The van der Waals surface area contributed by atoms with Crippen LogP contribution in [-0.4, -0.2) is 32.0 Å². The predicted octanol–water partition coefficient (Wildman–Crippen LogP) is 3.68. The van der Waals surface area contributed by atoms with Crippen LogP contribution in [-0.2, 0) is 20.7 Å². The minimum Gasteiger partial charge on any atom is -0.356 e. The zero-order valence-corrected chi connectivity index (χ0v) is 14.6. The van der Waals surface area contributed by atoms with Crippen molar-refractivity contribution in [3.63, 3.8) is 0 Å². The summed E-state index contributed by atoms with van der Waals surface area (Å²) in [7, 11) is 0. The molecular formula is C20H27NO3. The molecule has 4 heteroatoms. The maximum absolute atomic E-state index is 12.1. The van der Waals surface area contributed by atoms with Gasteiger partial charge in [0, 0.05) is 26.2 Å². The number of ether oxygens (including phenoxy) is 2. The first-order valence-electron chi connectivity index (χ1n) is 8.70. The van der Waals surface area contributed by atoms with Crippen LogP contribution in [0, 0.1) is 0 Å². The van der Waals surface area contributed by atoms with Crippen LogP contribution in [0.25, 0.3) is 10.8 Å². The van der Waals surface area contributed by atoms with Gasteiger partial charge in [-0.3, -0.25) is 4.79 Å². The number of benzene rings is 2. The zero-order chi connectivity index (χ0) is 17.2. The molecule has 0 spiro atoms. The fourth-order valence-electron chi connectivity index (χ4n) is 2.68. The van der Waals surface area contributed by atoms with Crippen LogP contribution < -0.4 is 5.32 Å². The van der Waals surface area contributed by atoms with Crippen LogP contribution in [0.2, 0.25) is 0 Å². The van der Waals surface area contributed by atoms with Gasteiger partial charge in [-0.25, -0.2) is 0 Å². The summed E-state index contributed by atoms with van der Waals surface area (Å²) in [6, 6.07) is 14.3. The molecule has 130 valence electrons. The van der Waals surface area contributed by atoms with Crippen LogP contribution in [0.1, 0.15) is 32.3 Å². The van der Waals surface area contributed by atoms with E-state index in [0.717, 1.165) is 18.4 Å². The smallest absolute Gasteiger partial charge is 0.224 e. The number of carbonyl (C=O) groups is 1. The molecule has 0 aromatic heterocycles. The molecular weight excluding hydrogens is 302 g/mol. The summed E-state index contributed by atoms with van der Waals surface area (Å²) < 4.78 is 11.0. The van der Waals surface area contributed by atoms with E-state index < -0.39 is 0 Å². The minimum atomic E-state index is -0.169. The Labute approximate surface area is 144 Å². The summed E-state index contributed by atoms with van der Waals surface area (Å²) in [5.41, 5.74) is 1.03. The first-order valence-corrected chi connectivity index (χ1v) is 8.70. The molecule has 0 fully saturated rings. The molecule has 24 heavy (non-hydrogen) atoms. The van der Waals surface area contributed by atoms with E-state index in [1.54, 1.807) is 0 Å². The maximum atomic E-state index is 12.1. The average molecular weight is 329 g/mol. The van der Waals surface area contributed by atoms with E-state index in [-0.39, 0.29) is 12.2 Å². The number of nitrogens with one attached hydrogen (secondary N) is 1. The maximum Gasteiger partial charge on any atom is 0.224 e. The molecule has 0 heterocycles. The van der Waals surface area contributed by atoms with E-state index in [1.807, 2.05) is 32.0 Å². The Morgan fingerprint density at radius 2 is 1.75 bits per heavy atom. The summed E-state index contributed by atoms with van der Waals surface area (Å²) in [5, 5.41) is 5.33. The summed E-state index contributed by atoms with van der Waals surface area (Å²) >= 11 is 0. The second-order valence-corrected chi connectivity index (χ2v) is 5.69. The lowest BCUT2D eigenvalue weighted by Crippen LogP contribution is -2.27. The number of rotatable bonds is 10. The van der Waals surface area contributed by atoms with Crippen molar-refractivity contribution in [2.45, 2.75) is 39.4 Å². The Morgan fingerprint density at radius 1 is 1.04 bits per heavy atom. The van der Waals surface area contributed by atoms with Gasteiger partial charge in [0.1, 0.15) is 0 Å². The van der Waals surface area contributed by atoms with Crippen molar-refractivity contribution in [1.29, 1.82) is 0 Å². The quantitative estimate of drug-likeness (QED) is 0.534. The Morgan fingerprint density at radius 3 is 2.46 bits per heavy atom. The highest BCUT2D eigenvalue weighted by Gasteiger charge is 2.08. The lowest BCUT2D eigenvalue weighted by Gasteiger charge is -2.16. The number of hydrogen-bond donors (Lipinski definition) is 1. The third kappa shape index (κ3) is 5.95. The van der Waals surface area contributed by atoms with E-state index in [2.05, 4.69) is 29.6 Å². The van der Waals surface area contributed by atoms with Crippen LogP contribution in [0.5, 0.6) is 0 Å². The first-order chi connectivity index (χ1) is 11.7. The topological polar surface area (TPSA) is 47.6 Å². The molecule has 4 nitrogen and oxygen atoms in total. The molecule has 2 aromatic rings. The molecule has 0 bridgehead atoms. The molecule has 0 aliphatic carbocycles. The SMILES string of the molecule is CCOC(CCCNC(=O)Cc1ccc2ccccc2c1)OCC. The van der Waals surface area contributed by atoms with E-state index in [0.29, 0.717) is 26.2 Å². The van der Waals surface area contributed by atoms with Crippen molar-refractivity contribution in [3.05, 3.63) is 48.0 Å². The molecule has 0 saturated carbocycles. The van der Waals surface area contributed by atoms with Gasteiger partial charge in [-0.05, 0) is 36.6 Å². The standard InChI is InChI=1S/C20H27NO3/c1-3-23-20(24-4-2)10-7-13-21-19(22)15-16-11-12-17-8-5-6-9-18(17)14-16/h5-6,8-9,11-12,14,20H,3-4,7,10,13,15H2,1-2H3,(H,21,22). The average Bonchev–Trinajstić information content (AvgIpc) is 2.59. The number of hydrogen-bond acceptors (Lipinski definition) is 3. The second kappa shape index (κ2) is 10.1. The molecule has 0 radical (unpaired) electrons. The van der Waals surface area contributed by atoms with Crippen molar-refractivity contribution in [2.24, 2.45) is 0 Å². The molecule has 1 N–H and O–H groups in total. The van der Waals surface area contributed by atoms with Gasteiger partial charge in [0.25, 0.3) is 0 Å². The summed E-state index contributed by atoms with van der Waals surface area (Å²) in [4.78, 5) is 12.1. The third-order valence-electron chi connectivity index (χ3n) is 3.82.